The molecule has 0 saturated carbocycles. The van der Waals surface area contributed by atoms with Crippen molar-refractivity contribution < 1.29 is 4.79 Å². The first kappa shape index (κ1) is 22.2. The molecule has 0 aromatic heterocycles. The molecule has 2 aliphatic heterocycles. The average molecular weight is 518 g/mol. The van der Waals surface area contributed by atoms with E-state index in [4.69, 9.17) is 0 Å². The van der Waals surface area contributed by atoms with E-state index in [9.17, 15) is 10.1 Å². The Morgan fingerprint density at radius 2 is 1.52 bits per heavy atom. The summed E-state index contributed by atoms with van der Waals surface area (Å²) < 4.78 is 0.643. The van der Waals surface area contributed by atoms with Crippen molar-refractivity contribution in [2.75, 3.05) is 0 Å². The molecule has 0 radical (unpaired) electrons. The lowest BCUT2D eigenvalue weighted by molar-refractivity contribution is -0.148. The molecular weight excluding hydrogens is 494 g/mol. The molecule has 2 fully saturated rings. The number of nitrogens with zero attached hydrogens (tertiary/aromatic N) is 2. The van der Waals surface area contributed by atoms with Gasteiger partial charge in [-0.1, -0.05) is 94.8 Å². The van der Waals surface area contributed by atoms with Gasteiger partial charge in [0.1, 0.15) is 17.5 Å². The van der Waals surface area contributed by atoms with E-state index in [1.807, 2.05) is 68.4 Å². The average Bonchev–Trinajstić information content (AvgIpc) is 3.08. The Labute approximate surface area is 207 Å². The topological polar surface area (TPSA) is 56.1 Å². The van der Waals surface area contributed by atoms with E-state index in [1.165, 1.54) is 0 Å². The Balaban J connectivity index is 1.69. The predicted molar refractivity (Wildman–Crippen MR) is 136 cm³/mol. The van der Waals surface area contributed by atoms with Gasteiger partial charge in [0.15, 0.2) is 0 Å². The SMILES string of the molecule is CC1(C)S[C@@H]2C(NC(c3ccccc3)(c3ccccc3)c3ccccc3Br)C(=O)N2C1C#N. The first-order chi connectivity index (χ1) is 15.9. The molecule has 1 amide bonds. The number of hydrogen-bond acceptors (Lipinski definition) is 4. The number of amides is 1. The minimum Gasteiger partial charge on any atom is -0.310 e. The Hall–Kier alpha value is -2.59. The molecule has 0 aliphatic carbocycles. The lowest BCUT2D eigenvalue weighted by Crippen LogP contribution is -2.71. The number of nitrogens with one attached hydrogen (secondary N) is 1. The summed E-state index contributed by atoms with van der Waals surface area (Å²) in [6, 6.07) is 30.2. The van der Waals surface area contributed by atoms with Crippen molar-refractivity contribution in [1.82, 2.24) is 10.2 Å². The second-order valence-corrected chi connectivity index (χ2v) is 11.6. The van der Waals surface area contributed by atoms with Crippen LogP contribution in [0.3, 0.4) is 0 Å². The molecular formula is C27H24BrN3OS. The molecule has 0 spiro atoms. The molecule has 33 heavy (non-hydrogen) atoms. The van der Waals surface area contributed by atoms with Crippen molar-refractivity contribution in [1.29, 1.82) is 5.26 Å². The fourth-order valence-corrected chi connectivity index (χ4v) is 7.20. The standard InChI is InChI=1S/C27H24BrN3OS/c1-26(2)22(17-29)31-24(32)23(25(31)33-26)30-27(18-11-5-3-6-12-18,19-13-7-4-8-14-19)20-15-9-10-16-21(20)28/h3-16,22-23,25,30H,1-2H3/t22?,23?,25-/m1/s1. The maximum absolute atomic E-state index is 13.4. The number of thioether (sulfide) groups is 1. The quantitative estimate of drug-likeness (QED) is 0.369. The molecule has 0 bridgehead atoms. The van der Waals surface area contributed by atoms with Gasteiger partial charge in [-0.25, -0.2) is 0 Å². The Morgan fingerprint density at radius 3 is 2.06 bits per heavy atom. The first-order valence-electron chi connectivity index (χ1n) is 10.9. The van der Waals surface area contributed by atoms with E-state index in [2.05, 4.69) is 57.6 Å². The number of rotatable bonds is 5. The monoisotopic (exact) mass is 517 g/mol. The summed E-state index contributed by atoms with van der Waals surface area (Å²) in [5, 5.41) is 13.5. The van der Waals surface area contributed by atoms with E-state index >= 15 is 0 Å². The third-order valence-electron chi connectivity index (χ3n) is 6.63. The molecule has 6 heteroatoms. The Bertz CT molecular complexity index is 1190. The Kier molecular flexibility index (Phi) is 5.60. The summed E-state index contributed by atoms with van der Waals surface area (Å²) in [6.07, 6.45) is 0. The van der Waals surface area contributed by atoms with Crippen LogP contribution in [0.2, 0.25) is 0 Å². The number of fused-ring (bicyclic) bond motifs is 1. The van der Waals surface area contributed by atoms with Gasteiger partial charge in [-0.05, 0) is 36.6 Å². The van der Waals surface area contributed by atoms with Gasteiger partial charge in [0.25, 0.3) is 0 Å². The molecule has 1 N–H and O–H groups in total. The number of carbonyl (C=O) groups is 1. The van der Waals surface area contributed by atoms with Crippen molar-refractivity contribution >= 4 is 33.6 Å². The first-order valence-corrected chi connectivity index (χ1v) is 12.6. The second-order valence-electron chi connectivity index (χ2n) is 8.97. The summed E-state index contributed by atoms with van der Waals surface area (Å²) in [4.78, 5) is 15.2. The molecule has 2 aliphatic rings. The molecule has 3 atom stereocenters. The largest absolute Gasteiger partial charge is 0.310 e. The van der Waals surface area contributed by atoms with E-state index in [0.29, 0.717) is 0 Å². The highest BCUT2D eigenvalue weighted by Crippen LogP contribution is 2.52. The molecule has 5 rings (SSSR count). The summed E-state index contributed by atoms with van der Waals surface area (Å²) in [7, 11) is 0. The van der Waals surface area contributed by atoms with Crippen LogP contribution in [0.4, 0.5) is 0 Å². The third-order valence-corrected chi connectivity index (χ3v) is 8.89. The fraction of sp³-hybridized carbons (Fsp3) is 0.259. The fourth-order valence-electron chi connectivity index (χ4n) is 5.04. The number of β-lactam (4-membered cyclic amide) rings is 1. The zero-order valence-electron chi connectivity index (χ0n) is 18.4. The molecule has 3 aromatic rings. The van der Waals surface area contributed by atoms with Gasteiger partial charge in [0, 0.05) is 9.22 Å². The van der Waals surface area contributed by atoms with Gasteiger partial charge < -0.3 is 4.90 Å². The minimum absolute atomic E-state index is 0.0204. The summed E-state index contributed by atoms with van der Waals surface area (Å²) in [5.74, 6) is -0.0204. The lowest BCUT2D eigenvalue weighted by atomic mass is 9.76. The molecule has 4 nitrogen and oxygen atoms in total. The van der Waals surface area contributed by atoms with Gasteiger partial charge in [-0.15, -0.1) is 11.8 Å². The van der Waals surface area contributed by atoms with Crippen LogP contribution < -0.4 is 5.32 Å². The summed E-state index contributed by atoms with van der Waals surface area (Å²) in [6.45, 7) is 4.09. The van der Waals surface area contributed by atoms with Crippen LogP contribution in [0.1, 0.15) is 30.5 Å². The number of halogens is 1. The van der Waals surface area contributed by atoms with Crippen LogP contribution in [0.15, 0.2) is 89.4 Å². The number of hydrogen-bond donors (Lipinski definition) is 1. The van der Waals surface area contributed by atoms with Gasteiger partial charge in [0.05, 0.1) is 11.6 Å². The van der Waals surface area contributed by atoms with E-state index < -0.39 is 17.6 Å². The third kappa shape index (κ3) is 3.42. The maximum atomic E-state index is 13.4. The summed E-state index contributed by atoms with van der Waals surface area (Å²) in [5.41, 5.74) is 2.37. The van der Waals surface area contributed by atoms with Crippen LogP contribution in [0.5, 0.6) is 0 Å². The zero-order valence-corrected chi connectivity index (χ0v) is 20.8. The smallest absolute Gasteiger partial charge is 0.244 e. The van der Waals surface area contributed by atoms with E-state index in [1.54, 1.807) is 16.7 Å². The number of benzene rings is 3. The maximum Gasteiger partial charge on any atom is 0.244 e. The van der Waals surface area contributed by atoms with Crippen molar-refractivity contribution in [3.05, 3.63) is 106 Å². The van der Waals surface area contributed by atoms with Crippen LogP contribution in [-0.2, 0) is 10.3 Å². The minimum atomic E-state index is -0.759. The molecule has 3 aromatic carbocycles. The van der Waals surface area contributed by atoms with Crippen LogP contribution in [-0.4, -0.2) is 33.0 Å². The van der Waals surface area contributed by atoms with Gasteiger partial charge in [0.2, 0.25) is 5.91 Å². The molecule has 2 unspecified atom stereocenters. The van der Waals surface area contributed by atoms with Gasteiger partial charge in [-0.2, -0.15) is 5.26 Å². The van der Waals surface area contributed by atoms with Gasteiger partial charge >= 0.3 is 0 Å². The second kappa shape index (κ2) is 8.32. The molecule has 2 saturated heterocycles. The van der Waals surface area contributed by atoms with Crippen LogP contribution in [0.25, 0.3) is 0 Å². The van der Waals surface area contributed by atoms with Crippen LogP contribution >= 0.6 is 27.7 Å². The van der Waals surface area contributed by atoms with Crippen molar-refractivity contribution in [2.24, 2.45) is 0 Å². The number of nitriles is 1. The molecule has 166 valence electrons. The van der Waals surface area contributed by atoms with Crippen molar-refractivity contribution in [2.45, 2.75) is 41.6 Å². The highest BCUT2D eigenvalue weighted by Gasteiger charge is 2.63. The highest BCUT2D eigenvalue weighted by molar-refractivity contribution is 9.10. The van der Waals surface area contributed by atoms with Crippen molar-refractivity contribution in [3.63, 3.8) is 0 Å². The predicted octanol–water partition coefficient (Wildman–Crippen LogP) is 5.29. The zero-order chi connectivity index (χ0) is 23.2. The highest BCUT2D eigenvalue weighted by atomic mass is 79.9. The lowest BCUT2D eigenvalue weighted by Gasteiger charge is -2.49. The normalized spacial score (nSPS) is 23.5. The van der Waals surface area contributed by atoms with Crippen LogP contribution in [0, 0.1) is 11.3 Å². The van der Waals surface area contributed by atoms with E-state index in [-0.39, 0.29) is 16.0 Å². The van der Waals surface area contributed by atoms with Gasteiger partial charge in [-0.3, -0.25) is 10.1 Å². The Morgan fingerprint density at radius 1 is 0.970 bits per heavy atom. The summed E-state index contributed by atoms with van der Waals surface area (Å²) >= 11 is 5.48. The van der Waals surface area contributed by atoms with E-state index in [0.717, 1.165) is 21.2 Å². The number of carbonyl (C=O) groups excluding carboxylic acids is 1. The van der Waals surface area contributed by atoms with Crippen molar-refractivity contribution in [3.8, 4) is 6.07 Å². The molecule has 2 heterocycles.